The van der Waals surface area contributed by atoms with Gasteiger partial charge < -0.3 is 0 Å². The maximum Gasteiger partial charge on any atom is 0.253 e. The Kier molecular flexibility index (Phi) is 3.20. The Morgan fingerprint density at radius 3 is 2.79 bits per heavy atom. The van der Waals surface area contributed by atoms with Crippen LogP contribution in [0.2, 0.25) is 0 Å². The maximum atomic E-state index is 11.6. The second kappa shape index (κ2) is 5.16. The summed E-state index contributed by atoms with van der Waals surface area (Å²) in [5, 5.41) is 2.94. The zero-order chi connectivity index (χ0) is 13.1. The first-order valence-electron chi connectivity index (χ1n) is 5.83. The van der Waals surface area contributed by atoms with Crippen LogP contribution in [0.4, 0.5) is 0 Å². The third-order valence-electron chi connectivity index (χ3n) is 2.70. The SMILES string of the molecule is O=c1ccncn1Cc1csc(-c2ccccc2)n1. The molecule has 0 spiro atoms. The van der Waals surface area contributed by atoms with Crippen molar-refractivity contribution in [3.8, 4) is 10.6 Å². The highest BCUT2D eigenvalue weighted by Crippen LogP contribution is 2.23. The zero-order valence-electron chi connectivity index (χ0n) is 10.1. The monoisotopic (exact) mass is 269 g/mol. The van der Waals surface area contributed by atoms with Crippen LogP contribution in [0.25, 0.3) is 10.6 Å². The lowest BCUT2D eigenvalue weighted by molar-refractivity contribution is 0.723. The average molecular weight is 269 g/mol. The molecule has 5 heteroatoms. The molecule has 0 aliphatic heterocycles. The molecule has 0 aliphatic carbocycles. The number of nitrogens with zero attached hydrogens (tertiary/aromatic N) is 3. The van der Waals surface area contributed by atoms with Gasteiger partial charge in [-0.05, 0) is 0 Å². The smallest absolute Gasteiger partial charge is 0.253 e. The Labute approximate surface area is 114 Å². The van der Waals surface area contributed by atoms with E-state index in [1.54, 1.807) is 15.9 Å². The Morgan fingerprint density at radius 2 is 2.00 bits per heavy atom. The molecule has 4 nitrogen and oxygen atoms in total. The van der Waals surface area contributed by atoms with Gasteiger partial charge in [-0.15, -0.1) is 11.3 Å². The molecule has 2 aromatic heterocycles. The summed E-state index contributed by atoms with van der Waals surface area (Å²) in [5.41, 5.74) is 1.90. The van der Waals surface area contributed by atoms with Crippen LogP contribution in [0.3, 0.4) is 0 Å². The normalized spacial score (nSPS) is 10.5. The van der Waals surface area contributed by atoms with Crippen LogP contribution in [0.1, 0.15) is 5.69 Å². The highest BCUT2D eigenvalue weighted by Gasteiger charge is 2.05. The van der Waals surface area contributed by atoms with Crippen LogP contribution in [-0.4, -0.2) is 14.5 Å². The van der Waals surface area contributed by atoms with Crippen LogP contribution >= 0.6 is 11.3 Å². The third-order valence-corrected chi connectivity index (χ3v) is 3.64. The lowest BCUT2D eigenvalue weighted by Gasteiger charge is -2.00. The van der Waals surface area contributed by atoms with Gasteiger partial charge >= 0.3 is 0 Å². The molecule has 0 amide bonds. The van der Waals surface area contributed by atoms with Crippen molar-refractivity contribution in [2.75, 3.05) is 0 Å². The minimum absolute atomic E-state index is 0.0655. The predicted octanol–water partition coefficient (Wildman–Crippen LogP) is 2.42. The average Bonchev–Trinajstić information content (AvgIpc) is 2.91. The van der Waals surface area contributed by atoms with E-state index in [1.165, 1.54) is 18.6 Å². The van der Waals surface area contributed by atoms with Gasteiger partial charge in [0.1, 0.15) is 5.01 Å². The van der Waals surface area contributed by atoms with Gasteiger partial charge in [-0.2, -0.15) is 0 Å². The summed E-state index contributed by atoms with van der Waals surface area (Å²) >= 11 is 1.58. The van der Waals surface area contributed by atoms with E-state index in [9.17, 15) is 4.79 Å². The molecular formula is C14H11N3OS. The molecule has 3 aromatic rings. The van der Waals surface area contributed by atoms with E-state index in [2.05, 4.69) is 9.97 Å². The molecule has 1 aromatic carbocycles. The van der Waals surface area contributed by atoms with E-state index in [4.69, 9.17) is 0 Å². The molecule has 0 radical (unpaired) electrons. The Hall–Kier alpha value is -2.27. The van der Waals surface area contributed by atoms with Crippen LogP contribution in [0, 0.1) is 0 Å². The maximum absolute atomic E-state index is 11.6. The van der Waals surface area contributed by atoms with Crippen molar-refractivity contribution >= 4 is 11.3 Å². The first-order valence-corrected chi connectivity index (χ1v) is 6.71. The standard InChI is InChI=1S/C14H11N3OS/c18-13-6-7-15-10-17(13)8-12-9-19-14(16-12)11-4-2-1-3-5-11/h1-7,9-10H,8H2. The van der Waals surface area contributed by atoms with Gasteiger partial charge in [0.15, 0.2) is 0 Å². The molecule has 0 aliphatic rings. The molecule has 94 valence electrons. The fourth-order valence-corrected chi connectivity index (χ4v) is 2.58. The largest absolute Gasteiger partial charge is 0.293 e. The first kappa shape index (κ1) is 11.8. The minimum atomic E-state index is -0.0655. The number of aromatic nitrogens is 3. The van der Waals surface area contributed by atoms with Crippen LogP contribution in [-0.2, 0) is 6.54 Å². The Morgan fingerprint density at radius 1 is 1.16 bits per heavy atom. The van der Waals surface area contributed by atoms with Gasteiger partial charge in [0, 0.05) is 23.2 Å². The molecule has 0 bridgehead atoms. The minimum Gasteiger partial charge on any atom is -0.293 e. The van der Waals surface area contributed by atoms with Crippen molar-refractivity contribution in [2.24, 2.45) is 0 Å². The van der Waals surface area contributed by atoms with E-state index < -0.39 is 0 Å². The van der Waals surface area contributed by atoms with Gasteiger partial charge in [-0.1, -0.05) is 30.3 Å². The van der Waals surface area contributed by atoms with Gasteiger partial charge in [0.05, 0.1) is 18.6 Å². The molecule has 0 fully saturated rings. The molecule has 2 heterocycles. The molecule has 0 saturated heterocycles. The first-order chi connectivity index (χ1) is 9.33. The fraction of sp³-hybridized carbons (Fsp3) is 0.0714. The molecule has 0 unspecified atom stereocenters. The van der Waals surface area contributed by atoms with Crippen LogP contribution in [0.5, 0.6) is 0 Å². The lowest BCUT2D eigenvalue weighted by Crippen LogP contribution is -2.19. The predicted molar refractivity (Wildman–Crippen MR) is 75.1 cm³/mol. The number of thiazole rings is 1. The second-order valence-electron chi connectivity index (χ2n) is 4.06. The van der Waals surface area contributed by atoms with Crippen molar-refractivity contribution in [1.82, 2.24) is 14.5 Å². The summed E-state index contributed by atoms with van der Waals surface area (Å²) in [4.78, 5) is 20.1. The topological polar surface area (TPSA) is 47.8 Å². The molecule has 3 rings (SSSR count). The highest BCUT2D eigenvalue weighted by atomic mass is 32.1. The van der Waals surface area contributed by atoms with E-state index in [0.29, 0.717) is 6.54 Å². The lowest BCUT2D eigenvalue weighted by atomic mass is 10.2. The van der Waals surface area contributed by atoms with Crippen molar-refractivity contribution in [2.45, 2.75) is 6.54 Å². The molecule has 0 atom stereocenters. The number of hydrogen-bond donors (Lipinski definition) is 0. The van der Waals surface area contributed by atoms with Gasteiger partial charge in [-0.25, -0.2) is 9.97 Å². The van der Waals surface area contributed by atoms with E-state index in [0.717, 1.165) is 16.3 Å². The zero-order valence-corrected chi connectivity index (χ0v) is 10.9. The van der Waals surface area contributed by atoms with E-state index in [1.807, 2.05) is 35.7 Å². The van der Waals surface area contributed by atoms with E-state index in [-0.39, 0.29) is 5.56 Å². The van der Waals surface area contributed by atoms with Gasteiger partial charge in [0.25, 0.3) is 5.56 Å². The summed E-state index contributed by atoms with van der Waals surface area (Å²) < 4.78 is 1.55. The summed E-state index contributed by atoms with van der Waals surface area (Å²) in [6, 6.07) is 11.5. The molecule has 0 saturated carbocycles. The van der Waals surface area contributed by atoms with Crippen molar-refractivity contribution in [3.05, 3.63) is 70.4 Å². The van der Waals surface area contributed by atoms with Gasteiger partial charge in [-0.3, -0.25) is 9.36 Å². The van der Waals surface area contributed by atoms with Crippen molar-refractivity contribution in [3.63, 3.8) is 0 Å². The van der Waals surface area contributed by atoms with Crippen LogP contribution < -0.4 is 5.56 Å². The van der Waals surface area contributed by atoms with Crippen molar-refractivity contribution in [1.29, 1.82) is 0 Å². The number of hydrogen-bond acceptors (Lipinski definition) is 4. The van der Waals surface area contributed by atoms with E-state index >= 15 is 0 Å². The van der Waals surface area contributed by atoms with Crippen LogP contribution in [0.15, 0.2) is 59.1 Å². The van der Waals surface area contributed by atoms with Gasteiger partial charge in [0.2, 0.25) is 0 Å². The Balaban J connectivity index is 1.87. The van der Waals surface area contributed by atoms with Crippen molar-refractivity contribution < 1.29 is 0 Å². The highest BCUT2D eigenvalue weighted by molar-refractivity contribution is 7.13. The Bertz CT molecular complexity index is 733. The third kappa shape index (κ3) is 2.61. The summed E-state index contributed by atoms with van der Waals surface area (Å²) in [5.74, 6) is 0. The molecular weight excluding hydrogens is 258 g/mol. The molecule has 19 heavy (non-hydrogen) atoms. The summed E-state index contributed by atoms with van der Waals surface area (Å²) in [7, 11) is 0. The molecule has 0 N–H and O–H groups in total. The number of rotatable bonds is 3. The number of benzene rings is 1. The summed E-state index contributed by atoms with van der Waals surface area (Å²) in [6.45, 7) is 0.454. The quantitative estimate of drug-likeness (QED) is 0.733. The second-order valence-corrected chi connectivity index (χ2v) is 4.91. The fourth-order valence-electron chi connectivity index (χ4n) is 1.76. The summed E-state index contributed by atoms with van der Waals surface area (Å²) in [6.07, 6.45) is 3.03.